The topological polar surface area (TPSA) is 52.0 Å². The van der Waals surface area contributed by atoms with Crippen LogP contribution in [0.2, 0.25) is 0 Å². The molecule has 0 amide bonds. The van der Waals surface area contributed by atoms with Crippen molar-refractivity contribution >= 4 is 11.4 Å². The zero-order chi connectivity index (χ0) is 8.43. The summed E-state index contributed by atoms with van der Waals surface area (Å²) >= 11 is 0. The third-order valence-electron chi connectivity index (χ3n) is 1.89. The summed E-state index contributed by atoms with van der Waals surface area (Å²) in [6.07, 6.45) is 1.01. The minimum absolute atomic E-state index is 0.696. The van der Waals surface area contributed by atoms with E-state index in [0.717, 1.165) is 12.0 Å². The van der Waals surface area contributed by atoms with Crippen LogP contribution in [-0.2, 0) is 6.42 Å². The first-order valence-corrected chi connectivity index (χ1v) is 3.79. The lowest BCUT2D eigenvalue weighted by Crippen LogP contribution is -1.98. The molecular weight excluding hydrogens is 136 g/mol. The van der Waals surface area contributed by atoms with Crippen LogP contribution in [0.15, 0.2) is 12.1 Å². The van der Waals surface area contributed by atoms with E-state index in [4.69, 9.17) is 11.5 Å². The fourth-order valence-corrected chi connectivity index (χ4v) is 1.11. The van der Waals surface area contributed by atoms with Crippen molar-refractivity contribution in [1.29, 1.82) is 0 Å². The molecule has 0 spiro atoms. The van der Waals surface area contributed by atoms with Crippen LogP contribution < -0.4 is 11.5 Å². The van der Waals surface area contributed by atoms with Gasteiger partial charge in [-0.05, 0) is 30.5 Å². The van der Waals surface area contributed by atoms with Gasteiger partial charge in [0.2, 0.25) is 0 Å². The highest BCUT2D eigenvalue weighted by atomic mass is 14.7. The molecule has 0 saturated heterocycles. The molecule has 2 heteroatoms. The van der Waals surface area contributed by atoms with Crippen molar-refractivity contribution in [3.8, 4) is 0 Å². The minimum Gasteiger partial charge on any atom is -0.397 e. The number of anilines is 2. The number of nitrogen functional groups attached to an aromatic ring is 2. The molecule has 1 aromatic carbocycles. The number of rotatable bonds is 1. The Morgan fingerprint density at radius 2 is 1.91 bits per heavy atom. The van der Waals surface area contributed by atoms with E-state index in [0.29, 0.717) is 11.4 Å². The van der Waals surface area contributed by atoms with E-state index in [-0.39, 0.29) is 0 Å². The predicted molar refractivity (Wildman–Crippen MR) is 49.4 cm³/mol. The zero-order valence-electron chi connectivity index (χ0n) is 7.02. The first kappa shape index (κ1) is 7.92. The highest BCUT2D eigenvalue weighted by molar-refractivity contribution is 5.68. The Morgan fingerprint density at radius 3 is 2.36 bits per heavy atom. The van der Waals surface area contributed by atoms with Gasteiger partial charge in [-0.15, -0.1) is 0 Å². The van der Waals surface area contributed by atoms with Crippen LogP contribution in [0.1, 0.15) is 18.1 Å². The van der Waals surface area contributed by atoms with Gasteiger partial charge in [-0.3, -0.25) is 0 Å². The van der Waals surface area contributed by atoms with Gasteiger partial charge in [0.25, 0.3) is 0 Å². The molecule has 0 aromatic heterocycles. The number of hydrogen-bond donors (Lipinski definition) is 2. The van der Waals surface area contributed by atoms with Crippen molar-refractivity contribution in [3.05, 3.63) is 23.3 Å². The molecule has 60 valence electrons. The van der Waals surface area contributed by atoms with E-state index in [2.05, 4.69) is 13.0 Å². The third kappa shape index (κ3) is 1.45. The third-order valence-corrected chi connectivity index (χ3v) is 1.89. The molecule has 0 aliphatic heterocycles. The lowest BCUT2D eigenvalue weighted by atomic mass is 10.1. The van der Waals surface area contributed by atoms with Crippen LogP contribution in [0.3, 0.4) is 0 Å². The maximum Gasteiger partial charge on any atom is 0.0577 e. The lowest BCUT2D eigenvalue weighted by molar-refractivity contribution is 1.13. The summed E-state index contributed by atoms with van der Waals surface area (Å²) in [7, 11) is 0. The monoisotopic (exact) mass is 150 g/mol. The largest absolute Gasteiger partial charge is 0.397 e. The fourth-order valence-electron chi connectivity index (χ4n) is 1.11. The van der Waals surface area contributed by atoms with Gasteiger partial charge in [0, 0.05) is 0 Å². The van der Waals surface area contributed by atoms with Gasteiger partial charge in [0.1, 0.15) is 0 Å². The smallest absolute Gasteiger partial charge is 0.0577 e. The van der Waals surface area contributed by atoms with Crippen LogP contribution in [0, 0.1) is 6.92 Å². The Balaban J connectivity index is 3.21. The van der Waals surface area contributed by atoms with Gasteiger partial charge in [-0.25, -0.2) is 0 Å². The van der Waals surface area contributed by atoms with Crippen LogP contribution in [0.25, 0.3) is 0 Å². The van der Waals surface area contributed by atoms with Crippen molar-refractivity contribution in [2.75, 3.05) is 11.5 Å². The average molecular weight is 150 g/mol. The molecule has 0 unspecified atom stereocenters. The fraction of sp³-hybridized carbons (Fsp3) is 0.333. The highest BCUT2D eigenvalue weighted by Crippen LogP contribution is 2.21. The Bertz CT molecular complexity index is 243. The summed E-state index contributed by atoms with van der Waals surface area (Å²) < 4.78 is 0. The van der Waals surface area contributed by atoms with Crippen molar-refractivity contribution in [2.24, 2.45) is 0 Å². The number of benzene rings is 1. The molecule has 4 N–H and O–H groups in total. The molecule has 1 rings (SSSR count). The predicted octanol–water partition coefficient (Wildman–Crippen LogP) is 1.72. The van der Waals surface area contributed by atoms with Crippen molar-refractivity contribution in [2.45, 2.75) is 20.3 Å². The lowest BCUT2D eigenvalue weighted by Gasteiger charge is -2.06. The molecule has 0 aliphatic carbocycles. The zero-order valence-corrected chi connectivity index (χ0v) is 7.02. The summed E-state index contributed by atoms with van der Waals surface area (Å²) in [5.74, 6) is 0. The molecule has 1 aromatic rings. The summed E-state index contributed by atoms with van der Waals surface area (Å²) in [6.45, 7) is 4.08. The molecule has 11 heavy (non-hydrogen) atoms. The van der Waals surface area contributed by atoms with Gasteiger partial charge in [-0.2, -0.15) is 0 Å². The van der Waals surface area contributed by atoms with E-state index >= 15 is 0 Å². The van der Waals surface area contributed by atoms with Crippen molar-refractivity contribution in [1.82, 2.24) is 0 Å². The van der Waals surface area contributed by atoms with Crippen LogP contribution in [0.4, 0.5) is 11.4 Å². The first-order valence-electron chi connectivity index (χ1n) is 3.79. The highest BCUT2D eigenvalue weighted by Gasteiger charge is 1.99. The molecule has 0 fully saturated rings. The molecule has 0 bridgehead atoms. The second kappa shape index (κ2) is 2.82. The Kier molecular flexibility index (Phi) is 2.03. The average Bonchev–Trinajstić information content (AvgIpc) is 1.99. The Hall–Kier alpha value is -1.18. The molecular formula is C9H14N2. The number of hydrogen-bond acceptors (Lipinski definition) is 2. The van der Waals surface area contributed by atoms with E-state index < -0.39 is 0 Å². The van der Waals surface area contributed by atoms with E-state index in [1.807, 2.05) is 13.0 Å². The maximum atomic E-state index is 5.68. The molecule has 0 atom stereocenters. The van der Waals surface area contributed by atoms with E-state index in [1.54, 1.807) is 0 Å². The quantitative estimate of drug-likeness (QED) is 0.599. The summed E-state index contributed by atoms with van der Waals surface area (Å²) in [4.78, 5) is 0. The SMILES string of the molecule is CCc1cc(C)c(N)c(N)c1. The van der Waals surface area contributed by atoms with Gasteiger partial charge in [0.05, 0.1) is 11.4 Å². The van der Waals surface area contributed by atoms with Crippen LogP contribution >= 0.6 is 0 Å². The normalized spacial score (nSPS) is 10.0. The summed E-state index contributed by atoms with van der Waals surface area (Å²) in [5, 5.41) is 0. The van der Waals surface area contributed by atoms with Gasteiger partial charge < -0.3 is 11.5 Å². The van der Waals surface area contributed by atoms with Crippen molar-refractivity contribution in [3.63, 3.8) is 0 Å². The van der Waals surface area contributed by atoms with Crippen LogP contribution in [-0.4, -0.2) is 0 Å². The molecule has 2 nitrogen and oxygen atoms in total. The Morgan fingerprint density at radius 1 is 1.27 bits per heavy atom. The summed E-state index contributed by atoms with van der Waals surface area (Å²) in [5.41, 5.74) is 15.1. The summed E-state index contributed by atoms with van der Waals surface area (Å²) in [6, 6.07) is 4.01. The molecule has 0 aliphatic rings. The molecule has 0 heterocycles. The van der Waals surface area contributed by atoms with Crippen LogP contribution in [0.5, 0.6) is 0 Å². The van der Waals surface area contributed by atoms with E-state index in [1.165, 1.54) is 5.56 Å². The standard InChI is InChI=1S/C9H14N2/c1-3-7-4-6(2)9(11)8(10)5-7/h4-5H,3,10-11H2,1-2H3. The number of aryl methyl sites for hydroxylation is 2. The maximum absolute atomic E-state index is 5.68. The van der Waals surface area contributed by atoms with Gasteiger partial charge in [-0.1, -0.05) is 13.0 Å². The molecule has 0 saturated carbocycles. The van der Waals surface area contributed by atoms with Crippen molar-refractivity contribution < 1.29 is 0 Å². The Labute approximate surface area is 67.2 Å². The van der Waals surface area contributed by atoms with Gasteiger partial charge >= 0.3 is 0 Å². The molecule has 0 radical (unpaired) electrons. The number of nitrogens with two attached hydrogens (primary N) is 2. The van der Waals surface area contributed by atoms with Gasteiger partial charge in [0.15, 0.2) is 0 Å². The van der Waals surface area contributed by atoms with E-state index in [9.17, 15) is 0 Å². The second-order valence-electron chi connectivity index (χ2n) is 2.77. The minimum atomic E-state index is 0.696. The first-order chi connectivity index (χ1) is 5.15. The second-order valence-corrected chi connectivity index (χ2v) is 2.77.